The molecule has 1 aromatic heterocycles. The number of halogens is 2. The Kier molecular flexibility index (Phi) is 5.95. The van der Waals surface area contributed by atoms with Crippen LogP contribution in [-0.4, -0.2) is 29.6 Å². The molecule has 0 aliphatic heterocycles. The first-order chi connectivity index (χ1) is 15.3. The van der Waals surface area contributed by atoms with Gasteiger partial charge in [0.2, 0.25) is 5.91 Å². The molecule has 1 N–H and O–H groups in total. The largest absolute Gasteiger partial charge is 0.497 e. The minimum atomic E-state index is -1.01. The van der Waals surface area contributed by atoms with Gasteiger partial charge in [-0.1, -0.05) is 6.08 Å². The predicted molar refractivity (Wildman–Crippen MR) is 115 cm³/mol. The standard InChI is InChI=1S/C24H25F2N3O3/c1-14-22(12-27-15(2)28-14)32-13-24(16-5-4-6-18(9-16)31-3)11-19(24)23(30)29-17-7-8-20(25)21(26)10-17/h4,6-10,12,16,19H,5,11,13H2,1-3H3,(H,29,30)/t16?,19-,24+/m0/s1. The van der Waals surface area contributed by atoms with E-state index < -0.39 is 17.0 Å². The number of carbonyl (C=O) groups excluding carboxylic acids is 1. The lowest BCUT2D eigenvalue weighted by Gasteiger charge is -2.27. The van der Waals surface area contributed by atoms with E-state index in [2.05, 4.69) is 15.3 Å². The van der Waals surface area contributed by atoms with Crippen LogP contribution in [0.2, 0.25) is 0 Å². The molecule has 1 saturated carbocycles. The molecule has 0 bridgehead atoms. The molecule has 0 spiro atoms. The minimum Gasteiger partial charge on any atom is -0.497 e. The number of aryl methyl sites for hydroxylation is 2. The van der Waals surface area contributed by atoms with Crippen molar-refractivity contribution >= 4 is 11.6 Å². The van der Waals surface area contributed by atoms with Gasteiger partial charge in [0.25, 0.3) is 0 Å². The number of nitrogens with one attached hydrogen (secondary N) is 1. The van der Waals surface area contributed by atoms with Crippen molar-refractivity contribution in [3.63, 3.8) is 0 Å². The smallest absolute Gasteiger partial charge is 0.228 e. The lowest BCUT2D eigenvalue weighted by Crippen LogP contribution is -2.30. The first kappa shape index (κ1) is 21.9. The van der Waals surface area contributed by atoms with Gasteiger partial charge >= 0.3 is 0 Å². The van der Waals surface area contributed by atoms with Gasteiger partial charge in [0.1, 0.15) is 11.6 Å². The second kappa shape index (κ2) is 8.68. The van der Waals surface area contributed by atoms with Crippen LogP contribution in [0.4, 0.5) is 14.5 Å². The van der Waals surface area contributed by atoms with Gasteiger partial charge in [-0.15, -0.1) is 0 Å². The Morgan fingerprint density at radius 2 is 2.09 bits per heavy atom. The van der Waals surface area contributed by atoms with Crippen molar-refractivity contribution in [2.75, 3.05) is 19.0 Å². The summed E-state index contributed by atoms with van der Waals surface area (Å²) in [5.74, 6) is -0.579. The SMILES string of the molecule is COC1=CC([C@]2(COc3cnc(C)nc3C)C[C@H]2C(=O)Nc2ccc(F)c(F)c2)CC=C1. The fourth-order valence-corrected chi connectivity index (χ4v) is 4.27. The molecular formula is C24H25F2N3O3. The van der Waals surface area contributed by atoms with E-state index in [1.165, 1.54) is 6.07 Å². The van der Waals surface area contributed by atoms with E-state index in [1.54, 1.807) is 13.3 Å². The Hall–Kier alpha value is -3.29. The zero-order valence-electron chi connectivity index (χ0n) is 18.2. The van der Waals surface area contributed by atoms with Crippen LogP contribution in [-0.2, 0) is 9.53 Å². The highest BCUT2D eigenvalue weighted by Gasteiger charge is 2.62. The summed E-state index contributed by atoms with van der Waals surface area (Å²) in [4.78, 5) is 21.6. The zero-order valence-corrected chi connectivity index (χ0v) is 18.2. The second-order valence-corrected chi connectivity index (χ2v) is 8.28. The summed E-state index contributed by atoms with van der Waals surface area (Å²) in [5, 5.41) is 2.71. The van der Waals surface area contributed by atoms with Gasteiger partial charge in [0.05, 0.1) is 25.6 Å². The number of anilines is 1. The molecule has 1 fully saturated rings. The number of rotatable bonds is 7. The quantitative estimate of drug-likeness (QED) is 0.685. The van der Waals surface area contributed by atoms with Gasteiger partial charge in [-0.25, -0.2) is 18.7 Å². The number of amides is 1. The average molecular weight is 441 g/mol. The van der Waals surface area contributed by atoms with E-state index in [9.17, 15) is 13.6 Å². The first-order valence-electron chi connectivity index (χ1n) is 10.4. The van der Waals surface area contributed by atoms with Crippen LogP contribution in [0.25, 0.3) is 0 Å². The number of allylic oxidation sites excluding steroid dienone is 3. The van der Waals surface area contributed by atoms with Crippen molar-refractivity contribution in [2.24, 2.45) is 17.3 Å². The van der Waals surface area contributed by atoms with Crippen LogP contribution in [0.15, 0.2) is 48.4 Å². The average Bonchev–Trinajstić information content (AvgIpc) is 3.52. The van der Waals surface area contributed by atoms with Gasteiger partial charge in [-0.2, -0.15) is 0 Å². The van der Waals surface area contributed by atoms with Gasteiger partial charge in [-0.3, -0.25) is 4.79 Å². The maximum absolute atomic E-state index is 13.6. The highest BCUT2D eigenvalue weighted by molar-refractivity contribution is 5.95. The molecule has 2 aliphatic rings. The zero-order chi connectivity index (χ0) is 22.9. The van der Waals surface area contributed by atoms with E-state index in [-0.39, 0.29) is 23.4 Å². The van der Waals surface area contributed by atoms with Crippen molar-refractivity contribution in [1.82, 2.24) is 9.97 Å². The summed E-state index contributed by atoms with van der Waals surface area (Å²) in [7, 11) is 1.61. The summed E-state index contributed by atoms with van der Waals surface area (Å²) in [6, 6.07) is 3.32. The Morgan fingerprint density at radius 1 is 1.28 bits per heavy atom. The number of carbonyl (C=O) groups is 1. The van der Waals surface area contributed by atoms with E-state index >= 15 is 0 Å². The summed E-state index contributed by atoms with van der Waals surface area (Å²) in [6.45, 7) is 3.95. The van der Waals surface area contributed by atoms with E-state index in [1.807, 2.05) is 32.1 Å². The molecule has 32 heavy (non-hydrogen) atoms. The fourth-order valence-electron chi connectivity index (χ4n) is 4.27. The number of benzene rings is 1. The molecule has 1 heterocycles. The molecular weight excluding hydrogens is 416 g/mol. The molecule has 0 radical (unpaired) electrons. The molecule has 6 nitrogen and oxygen atoms in total. The van der Waals surface area contributed by atoms with Crippen molar-refractivity contribution < 1.29 is 23.0 Å². The van der Waals surface area contributed by atoms with Crippen LogP contribution < -0.4 is 10.1 Å². The van der Waals surface area contributed by atoms with Crippen LogP contribution in [0.1, 0.15) is 24.4 Å². The van der Waals surface area contributed by atoms with Gasteiger partial charge in [-0.05, 0) is 56.9 Å². The summed E-state index contributed by atoms with van der Waals surface area (Å²) in [5.41, 5.74) is 0.483. The Balaban J connectivity index is 1.55. The lowest BCUT2D eigenvalue weighted by molar-refractivity contribution is -0.118. The maximum Gasteiger partial charge on any atom is 0.228 e. The Bertz CT molecular complexity index is 1100. The van der Waals surface area contributed by atoms with E-state index in [4.69, 9.17) is 9.47 Å². The summed E-state index contributed by atoms with van der Waals surface area (Å²) >= 11 is 0. The topological polar surface area (TPSA) is 73.3 Å². The van der Waals surface area contributed by atoms with Crippen LogP contribution in [0.3, 0.4) is 0 Å². The van der Waals surface area contributed by atoms with Gasteiger partial charge < -0.3 is 14.8 Å². The Labute approximate surface area is 185 Å². The third kappa shape index (κ3) is 4.35. The number of hydrogen-bond acceptors (Lipinski definition) is 5. The molecule has 1 aromatic carbocycles. The summed E-state index contributed by atoms with van der Waals surface area (Å²) in [6.07, 6.45) is 8.93. The van der Waals surface area contributed by atoms with Crippen LogP contribution in [0, 0.1) is 42.7 Å². The number of nitrogens with zero attached hydrogens (tertiary/aromatic N) is 2. The lowest BCUT2D eigenvalue weighted by atomic mass is 9.82. The molecule has 168 valence electrons. The highest BCUT2D eigenvalue weighted by Crippen LogP contribution is 2.60. The molecule has 2 aromatic rings. The van der Waals surface area contributed by atoms with E-state index in [0.717, 1.165) is 30.0 Å². The monoisotopic (exact) mass is 441 g/mol. The molecule has 1 unspecified atom stereocenters. The van der Waals surface area contributed by atoms with Crippen LogP contribution in [0.5, 0.6) is 5.75 Å². The van der Waals surface area contributed by atoms with Crippen molar-refractivity contribution in [2.45, 2.75) is 26.7 Å². The van der Waals surface area contributed by atoms with Crippen molar-refractivity contribution in [3.8, 4) is 5.75 Å². The minimum absolute atomic E-state index is 0.0230. The first-order valence-corrected chi connectivity index (χ1v) is 10.4. The number of hydrogen-bond donors (Lipinski definition) is 1. The fraction of sp³-hybridized carbons (Fsp3) is 0.375. The maximum atomic E-state index is 13.6. The predicted octanol–water partition coefficient (Wildman–Crippen LogP) is 4.50. The van der Waals surface area contributed by atoms with Gasteiger partial charge in [0, 0.05) is 23.1 Å². The molecule has 2 aliphatic carbocycles. The summed E-state index contributed by atoms with van der Waals surface area (Å²) < 4.78 is 38.3. The van der Waals surface area contributed by atoms with Crippen molar-refractivity contribution in [3.05, 3.63) is 71.5 Å². The number of methoxy groups -OCH3 is 1. The van der Waals surface area contributed by atoms with E-state index in [0.29, 0.717) is 24.6 Å². The van der Waals surface area contributed by atoms with Crippen LogP contribution >= 0.6 is 0 Å². The molecule has 8 heteroatoms. The molecule has 4 rings (SSSR count). The van der Waals surface area contributed by atoms with Gasteiger partial charge in [0.15, 0.2) is 17.4 Å². The number of aromatic nitrogens is 2. The molecule has 1 amide bonds. The highest BCUT2D eigenvalue weighted by atomic mass is 19.2. The third-order valence-electron chi connectivity index (χ3n) is 6.18. The normalized spacial score (nSPS) is 24.0. The molecule has 3 atom stereocenters. The Morgan fingerprint density at radius 3 is 2.81 bits per heavy atom. The second-order valence-electron chi connectivity index (χ2n) is 8.28. The van der Waals surface area contributed by atoms with Crippen molar-refractivity contribution in [1.29, 1.82) is 0 Å². The number of ether oxygens (including phenoxy) is 2. The third-order valence-corrected chi connectivity index (χ3v) is 6.18. The molecule has 0 saturated heterocycles.